The topological polar surface area (TPSA) is 410 Å². The molecule has 3 aliphatic rings. The Hall–Kier alpha value is -7.45. The fraction of sp³-hybridized carbons (Fsp3) is 0.565. The smallest absolute Gasteiger partial charge is 0.251 e. The first kappa shape index (κ1) is 71.0. The zero-order valence-electron chi connectivity index (χ0n) is 51.8. The quantitative estimate of drug-likeness (QED) is 0.0366. The molecule has 13 atom stereocenters. The number of aliphatic hydroxyl groups excluding tert-OH is 6. The summed E-state index contributed by atoms with van der Waals surface area (Å²) in [4.78, 5) is 105. The number of unbranched alkanes of at least 4 members (excludes halogenated alkanes) is 4. The summed E-state index contributed by atoms with van der Waals surface area (Å²) < 4.78 is 16.8. The Bertz CT molecular complexity index is 3090. The number of phenolic OH excluding ortho intramolecular Hbond substituents is 1. The number of nitrogens with zero attached hydrogens (tertiary/aromatic N) is 5. The number of nitrogens with two attached hydrogens (primary N) is 1. The van der Waals surface area contributed by atoms with Gasteiger partial charge in [-0.1, -0.05) is 55.7 Å². The number of β-amino-alcohol motifs (C(OH)–C–C–N with tert-alkyl or cyclic N) is 1. The van der Waals surface area contributed by atoms with E-state index >= 15 is 0 Å². The molecule has 4 heterocycles. The highest BCUT2D eigenvalue weighted by Crippen LogP contribution is 2.33. The maximum Gasteiger partial charge on any atom is 0.251 e. The van der Waals surface area contributed by atoms with Crippen LogP contribution in [0.4, 0.5) is 0 Å². The molecule has 0 spiro atoms. The number of rotatable bonds is 24. The Balaban J connectivity index is 1.14. The average molecular weight is 1290 g/mol. The summed E-state index contributed by atoms with van der Waals surface area (Å²) in [5.41, 5.74) is 7.55. The van der Waals surface area contributed by atoms with Crippen LogP contribution in [-0.2, 0) is 39.9 Å². The van der Waals surface area contributed by atoms with Crippen LogP contribution in [0.3, 0.4) is 0 Å². The van der Waals surface area contributed by atoms with E-state index < -0.39 is 152 Å². The number of carbonyl (C=O) groups is 7. The lowest BCUT2D eigenvalue weighted by Crippen LogP contribution is -2.64. The third-order valence-electron chi connectivity index (χ3n) is 16.2. The molecule has 7 amide bonds. The fourth-order valence-electron chi connectivity index (χ4n) is 11.0. The van der Waals surface area contributed by atoms with Crippen LogP contribution in [-0.4, -0.2) is 249 Å². The van der Waals surface area contributed by atoms with E-state index in [4.69, 9.17) is 19.9 Å². The molecule has 29 heteroatoms. The van der Waals surface area contributed by atoms with Crippen LogP contribution >= 0.6 is 11.3 Å². The first-order valence-corrected chi connectivity index (χ1v) is 31.4. The Morgan fingerprint density at radius 2 is 1.36 bits per heavy atom. The van der Waals surface area contributed by atoms with E-state index in [1.807, 2.05) is 43.3 Å². The molecule has 3 saturated heterocycles. The average Bonchev–Trinajstić information content (AvgIpc) is 2.22. The Kier molecular flexibility index (Phi) is 26.3. The van der Waals surface area contributed by atoms with Gasteiger partial charge in [-0.25, -0.2) is 0 Å². The van der Waals surface area contributed by atoms with Crippen molar-refractivity contribution >= 4 is 52.7 Å². The van der Waals surface area contributed by atoms with Gasteiger partial charge in [-0.15, -0.1) is 10.2 Å². The van der Waals surface area contributed by atoms with E-state index in [2.05, 4.69) is 36.8 Å². The summed E-state index contributed by atoms with van der Waals surface area (Å²) >= 11 is 1.31. The summed E-state index contributed by atoms with van der Waals surface area (Å²) in [7, 11) is 5.33. The molecule has 28 nitrogen and oxygen atoms in total. The Morgan fingerprint density at radius 1 is 0.736 bits per heavy atom. The molecule has 0 unspecified atom stereocenters. The number of aromatic hydroxyl groups is 1. The van der Waals surface area contributed by atoms with Gasteiger partial charge in [0.15, 0.2) is 11.5 Å². The molecule has 1 aromatic heterocycles. The summed E-state index contributed by atoms with van der Waals surface area (Å²) in [5.74, 6) is -7.79. The number of methoxy groups -OCH3 is 1. The van der Waals surface area contributed by atoms with Crippen LogP contribution in [0, 0.1) is 5.92 Å². The van der Waals surface area contributed by atoms with Crippen LogP contribution in [0.25, 0.3) is 21.1 Å². The minimum Gasteiger partial charge on any atom is -0.504 e. The first-order valence-electron chi connectivity index (χ1n) is 30.6. The number of phenols is 1. The third-order valence-corrected chi connectivity index (χ3v) is 17.2. The normalized spacial score (nSPS) is 24.9. The van der Waals surface area contributed by atoms with Crippen molar-refractivity contribution in [3.63, 3.8) is 0 Å². The minimum atomic E-state index is -2.03. The van der Waals surface area contributed by atoms with Gasteiger partial charge in [-0.2, -0.15) is 0 Å². The molecular formula is C62H87N11O17S. The molecule has 0 aliphatic carbocycles. The number of hydrogen-bond donors (Lipinski definition) is 13. The van der Waals surface area contributed by atoms with Crippen molar-refractivity contribution in [3.05, 3.63) is 77.9 Å². The Labute approximate surface area is 531 Å². The number of aliphatic hydroxyl groups is 6. The van der Waals surface area contributed by atoms with E-state index in [0.717, 1.165) is 66.7 Å². The number of hydrogen-bond acceptors (Lipinski definition) is 22. The molecule has 3 fully saturated rings. The zero-order chi connectivity index (χ0) is 66.1. The molecule has 3 aromatic carbocycles. The van der Waals surface area contributed by atoms with Gasteiger partial charge in [-0.3, -0.25) is 33.6 Å². The third kappa shape index (κ3) is 19.3. The van der Waals surface area contributed by atoms with Gasteiger partial charge >= 0.3 is 0 Å². The lowest BCUT2D eigenvalue weighted by molar-refractivity contribution is -0.147. The van der Waals surface area contributed by atoms with Crippen molar-refractivity contribution < 1.29 is 83.5 Å². The molecule has 7 rings (SSSR count). The van der Waals surface area contributed by atoms with Crippen LogP contribution < -0.4 is 41.8 Å². The number of ether oxygens (including phenoxy) is 3. The highest BCUT2D eigenvalue weighted by atomic mass is 32.1. The maximum absolute atomic E-state index is 14.7. The largest absolute Gasteiger partial charge is 0.504 e. The molecule has 3 aliphatic heterocycles. The fourth-order valence-corrected chi connectivity index (χ4v) is 11.8. The first-order chi connectivity index (χ1) is 43.5. The molecule has 0 saturated carbocycles. The number of amides is 7. The number of likely N-dealkylation sites (N-methyl/N-ethyl adjacent to an activating group) is 1. The van der Waals surface area contributed by atoms with Crippen molar-refractivity contribution in [1.82, 2.24) is 51.5 Å². The van der Waals surface area contributed by atoms with Gasteiger partial charge in [0.1, 0.15) is 58.6 Å². The van der Waals surface area contributed by atoms with Crippen molar-refractivity contribution in [2.45, 2.75) is 145 Å². The van der Waals surface area contributed by atoms with Gasteiger partial charge in [-0.05, 0) is 101 Å². The van der Waals surface area contributed by atoms with Crippen LogP contribution in [0.15, 0.2) is 66.7 Å². The Morgan fingerprint density at radius 3 is 2.01 bits per heavy atom. The standard InChI is InChI=1S/C62H87N11O17S/c1-34-32-73-52(53(34)80)58(85)64-31-40(75)29-43(65-54(81)37-12-14-38(15-13-37)59-69-70-60(91-59)39-16-18-42(19-17-39)89-25-10-8-6-7-9-24-88-5)55(82)66-49(35(2)74)61(86)72-33-41(76)30-44(72)56(83)67-50(57(84)68-51(62(73)87)46(78)21-22-63)47(79)27-36-11-20-45(77)48(28-36)90-26-23-71(3)4/h11-20,28,34-35,40-41,43-44,46-47,49-53,74-80H,6-10,21-27,29-33,63H2,1-5H3,(H,64,85)(H,65,81)(H,66,82)(H,67,83)(H,68,84)/t34-,35+,40+,41+,43-,44-,46+,47+,49-,50-,51-,52-,53-/m0/s1. The van der Waals surface area contributed by atoms with E-state index in [-0.39, 0.29) is 48.7 Å². The number of aromatic nitrogens is 2. The number of nitrogens with one attached hydrogen (secondary N) is 5. The molecule has 498 valence electrons. The van der Waals surface area contributed by atoms with Crippen molar-refractivity contribution in [2.24, 2.45) is 11.7 Å². The van der Waals surface area contributed by atoms with Gasteiger partial charge in [0.05, 0.1) is 43.2 Å². The molecular weight excluding hydrogens is 1200 g/mol. The molecule has 0 radical (unpaired) electrons. The number of carbonyl (C=O) groups excluding carboxylic acids is 7. The van der Waals surface area contributed by atoms with Crippen LogP contribution in [0.1, 0.15) is 81.1 Å². The monoisotopic (exact) mass is 1290 g/mol. The lowest BCUT2D eigenvalue weighted by Gasteiger charge is -2.34. The summed E-state index contributed by atoms with van der Waals surface area (Å²) in [6, 6.07) is 6.85. The molecule has 14 N–H and O–H groups in total. The lowest BCUT2D eigenvalue weighted by atomic mass is 9.98. The van der Waals surface area contributed by atoms with Gasteiger partial charge in [0.2, 0.25) is 35.4 Å². The van der Waals surface area contributed by atoms with Crippen LogP contribution in [0.5, 0.6) is 17.2 Å². The second-order valence-electron chi connectivity index (χ2n) is 23.7. The van der Waals surface area contributed by atoms with E-state index in [1.54, 1.807) is 19.2 Å². The van der Waals surface area contributed by atoms with Gasteiger partial charge < -0.3 is 97.0 Å². The molecule has 4 aromatic rings. The van der Waals surface area contributed by atoms with E-state index in [0.29, 0.717) is 28.7 Å². The summed E-state index contributed by atoms with van der Waals surface area (Å²) in [6.45, 7) is 2.99. The van der Waals surface area contributed by atoms with E-state index in [9.17, 15) is 69.3 Å². The predicted molar refractivity (Wildman–Crippen MR) is 332 cm³/mol. The summed E-state index contributed by atoms with van der Waals surface area (Å²) in [5, 5.41) is 102. The second kappa shape index (κ2) is 33.7. The molecule has 0 bridgehead atoms. The van der Waals surface area contributed by atoms with E-state index in [1.165, 1.54) is 48.6 Å². The number of fused-ring (bicyclic) bond motifs is 2. The second-order valence-corrected chi connectivity index (χ2v) is 24.6. The molecule has 91 heavy (non-hydrogen) atoms. The van der Waals surface area contributed by atoms with Crippen LogP contribution in [0.2, 0.25) is 0 Å². The van der Waals surface area contributed by atoms with Crippen molar-refractivity contribution in [1.29, 1.82) is 0 Å². The zero-order valence-corrected chi connectivity index (χ0v) is 52.6. The predicted octanol–water partition coefficient (Wildman–Crippen LogP) is -1.21. The SMILES string of the molecule is COCCCCCCCOc1ccc(-c2nnc(-c3ccc(C(=O)N[C@H]4C[C@@H](O)CNC(=O)[C@@H]5[C@@H](O)[C@@H](C)CN5C(=O)[C@H]([C@H](O)CCN)NC(=O)[C@H]([C@H](O)Cc5ccc(O)c(OCCN(C)C)c5)NC(=O)[C@@H]5C[C@@H](O)CN5C(=O)[C@H]([C@@H](C)O)NC4=O)cc3)s2)cc1. The van der Waals surface area contributed by atoms with Crippen molar-refractivity contribution in [2.75, 3.05) is 73.7 Å². The maximum atomic E-state index is 14.7. The number of benzene rings is 3. The minimum absolute atomic E-state index is 0.0294. The highest BCUT2D eigenvalue weighted by molar-refractivity contribution is 7.17. The van der Waals surface area contributed by atoms with Gasteiger partial charge in [0.25, 0.3) is 5.91 Å². The van der Waals surface area contributed by atoms with Crippen molar-refractivity contribution in [3.8, 4) is 38.4 Å². The summed E-state index contributed by atoms with van der Waals surface area (Å²) in [6.07, 6.45) is -6.54. The van der Waals surface area contributed by atoms with Gasteiger partial charge in [0, 0.05) is 81.8 Å². The highest BCUT2D eigenvalue weighted by Gasteiger charge is 2.50.